The largest absolute Gasteiger partial charge is 0.326 e. The Morgan fingerprint density at radius 1 is 1.05 bits per heavy atom. The van der Waals surface area contributed by atoms with Crippen LogP contribution >= 0.6 is 0 Å². The minimum Gasteiger partial charge on any atom is -0.326 e. The second-order valence-corrected chi connectivity index (χ2v) is 6.86. The van der Waals surface area contributed by atoms with Gasteiger partial charge >= 0.3 is 0 Å². The van der Waals surface area contributed by atoms with Gasteiger partial charge in [0.15, 0.2) is 0 Å². The molecule has 0 bridgehead atoms. The quantitative estimate of drug-likeness (QED) is 0.711. The highest BCUT2D eigenvalue weighted by Crippen LogP contribution is 2.40. The van der Waals surface area contributed by atoms with Gasteiger partial charge in [0.25, 0.3) is 0 Å². The summed E-state index contributed by atoms with van der Waals surface area (Å²) in [6.45, 7) is 4.74. The predicted octanol–water partition coefficient (Wildman–Crippen LogP) is 3.60. The summed E-state index contributed by atoms with van der Waals surface area (Å²) in [4.78, 5) is 0. The fourth-order valence-electron chi connectivity index (χ4n) is 4.08. The summed E-state index contributed by atoms with van der Waals surface area (Å²) in [7, 11) is 0. The molecule has 2 nitrogen and oxygen atoms in total. The summed E-state index contributed by atoms with van der Waals surface area (Å²) >= 11 is 0. The van der Waals surface area contributed by atoms with Crippen molar-refractivity contribution in [3.8, 4) is 0 Å². The lowest BCUT2D eigenvalue weighted by Gasteiger charge is -2.37. The molecule has 0 heterocycles. The highest BCUT2D eigenvalue weighted by molar-refractivity contribution is 5.10. The lowest BCUT2D eigenvalue weighted by atomic mass is 9.70. The second kappa shape index (κ2) is 6.90. The van der Waals surface area contributed by atoms with E-state index in [1.165, 1.54) is 38.5 Å². The van der Waals surface area contributed by atoms with Crippen LogP contribution in [0.15, 0.2) is 11.6 Å². The maximum Gasteiger partial charge on any atom is 0.0192 e. The highest BCUT2D eigenvalue weighted by Gasteiger charge is 2.30. The molecule has 2 heteroatoms. The Morgan fingerprint density at radius 2 is 1.79 bits per heavy atom. The first-order valence-electron chi connectivity index (χ1n) is 8.32. The third-order valence-corrected chi connectivity index (χ3v) is 5.56. The second-order valence-electron chi connectivity index (χ2n) is 6.86. The zero-order valence-electron chi connectivity index (χ0n) is 12.8. The van der Waals surface area contributed by atoms with Gasteiger partial charge in [0, 0.05) is 12.1 Å². The molecule has 0 aromatic heterocycles. The molecule has 0 aromatic carbocycles. The predicted molar refractivity (Wildman–Crippen MR) is 82.8 cm³/mol. The van der Waals surface area contributed by atoms with Crippen LogP contribution in [0.5, 0.6) is 0 Å². The number of hydrogen-bond donors (Lipinski definition) is 2. The number of rotatable bonds is 1. The number of nitrogens with two attached hydrogens (primary N) is 2. The van der Waals surface area contributed by atoms with Gasteiger partial charge in [-0.25, -0.2) is 0 Å². The van der Waals surface area contributed by atoms with Crippen LogP contribution < -0.4 is 11.5 Å². The molecule has 19 heavy (non-hydrogen) atoms. The van der Waals surface area contributed by atoms with Gasteiger partial charge in [0.05, 0.1) is 0 Å². The molecule has 1 fully saturated rings. The van der Waals surface area contributed by atoms with E-state index in [2.05, 4.69) is 19.9 Å². The Labute approximate surface area is 119 Å². The fraction of sp³-hybridized carbons (Fsp3) is 0.882. The van der Waals surface area contributed by atoms with Crippen molar-refractivity contribution in [1.82, 2.24) is 0 Å². The minimum atomic E-state index is 0.203. The minimum absolute atomic E-state index is 0.203. The third-order valence-electron chi connectivity index (χ3n) is 5.56. The van der Waals surface area contributed by atoms with Gasteiger partial charge in [-0.1, -0.05) is 38.3 Å². The van der Waals surface area contributed by atoms with E-state index in [9.17, 15) is 0 Å². The number of hydrogen-bond acceptors (Lipinski definition) is 2. The Balaban J connectivity index is 2.09. The van der Waals surface area contributed by atoms with Gasteiger partial charge in [-0.3, -0.25) is 0 Å². The standard InChI is InChI=1S/C17H32N2/c1-3-13-7-9-15-12(2)5-4-6-16(18)17(19)10-8-14(15)11-13/h11-12,14-17H,3-10,18-19H2,1-2H3/t12?,14?,15-,16?,17+/m1/s1. The molecule has 2 aliphatic carbocycles. The van der Waals surface area contributed by atoms with Crippen molar-refractivity contribution in [2.75, 3.05) is 0 Å². The van der Waals surface area contributed by atoms with Crippen LogP contribution in [0, 0.1) is 17.8 Å². The van der Waals surface area contributed by atoms with Gasteiger partial charge in [-0.15, -0.1) is 0 Å². The summed E-state index contributed by atoms with van der Waals surface area (Å²) in [5, 5.41) is 0. The van der Waals surface area contributed by atoms with Gasteiger partial charge < -0.3 is 11.5 Å². The van der Waals surface area contributed by atoms with Crippen LogP contribution in [-0.2, 0) is 0 Å². The van der Waals surface area contributed by atoms with E-state index in [1.54, 1.807) is 5.57 Å². The summed E-state index contributed by atoms with van der Waals surface area (Å²) < 4.78 is 0. The molecule has 0 aromatic rings. The average Bonchev–Trinajstić information content (AvgIpc) is 2.43. The maximum atomic E-state index is 6.25. The monoisotopic (exact) mass is 264 g/mol. The van der Waals surface area contributed by atoms with Crippen molar-refractivity contribution in [3.63, 3.8) is 0 Å². The zero-order valence-corrected chi connectivity index (χ0v) is 12.8. The van der Waals surface area contributed by atoms with Gasteiger partial charge in [0.2, 0.25) is 0 Å². The molecule has 5 atom stereocenters. The summed E-state index contributed by atoms with van der Waals surface area (Å²) in [5.41, 5.74) is 14.1. The first-order chi connectivity index (χ1) is 9.11. The summed E-state index contributed by atoms with van der Waals surface area (Å²) in [6.07, 6.45) is 12.6. The SMILES string of the molecule is CCC1=CC2CC[C@H](N)C(N)CCCC(C)[C@H]2CC1. The van der Waals surface area contributed by atoms with Crippen LogP contribution in [0.3, 0.4) is 0 Å². The molecule has 3 unspecified atom stereocenters. The fourth-order valence-corrected chi connectivity index (χ4v) is 4.08. The molecule has 2 aliphatic rings. The van der Waals surface area contributed by atoms with Crippen molar-refractivity contribution >= 4 is 0 Å². The van der Waals surface area contributed by atoms with E-state index in [1.807, 2.05) is 0 Å². The van der Waals surface area contributed by atoms with Crippen LogP contribution in [0.25, 0.3) is 0 Å². The van der Waals surface area contributed by atoms with Crippen LogP contribution in [0.4, 0.5) is 0 Å². The van der Waals surface area contributed by atoms with Crippen molar-refractivity contribution in [1.29, 1.82) is 0 Å². The number of allylic oxidation sites excluding steroid dienone is 2. The van der Waals surface area contributed by atoms with Crippen LogP contribution in [0.2, 0.25) is 0 Å². The van der Waals surface area contributed by atoms with Gasteiger partial charge in [0.1, 0.15) is 0 Å². The summed E-state index contributed by atoms with van der Waals surface area (Å²) in [5.74, 6) is 2.49. The van der Waals surface area contributed by atoms with Crippen molar-refractivity contribution in [2.24, 2.45) is 29.2 Å². The Hall–Kier alpha value is -0.340. The van der Waals surface area contributed by atoms with Crippen molar-refractivity contribution in [2.45, 2.75) is 77.3 Å². The molecule has 0 radical (unpaired) electrons. The normalized spacial score (nSPS) is 41.3. The van der Waals surface area contributed by atoms with Crippen molar-refractivity contribution < 1.29 is 0 Å². The topological polar surface area (TPSA) is 52.0 Å². The molecule has 0 saturated heterocycles. The van der Waals surface area contributed by atoms with Gasteiger partial charge in [-0.2, -0.15) is 0 Å². The zero-order chi connectivity index (χ0) is 13.8. The van der Waals surface area contributed by atoms with E-state index >= 15 is 0 Å². The molecule has 0 aliphatic heterocycles. The first-order valence-corrected chi connectivity index (χ1v) is 8.32. The summed E-state index contributed by atoms with van der Waals surface area (Å²) in [6, 6.07) is 0.413. The maximum absolute atomic E-state index is 6.25. The van der Waals surface area contributed by atoms with Crippen LogP contribution in [0.1, 0.15) is 65.2 Å². The molecule has 0 spiro atoms. The Morgan fingerprint density at radius 3 is 2.53 bits per heavy atom. The Bertz CT molecular complexity index is 310. The molecule has 0 amide bonds. The lowest BCUT2D eigenvalue weighted by molar-refractivity contribution is 0.205. The van der Waals surface area contributed by atoms with E-state index < -0.39 is 0 Å². The van der Waals surface area contributed by atoms with E-state index in [4.69, 9.17) is 11.5 Å². The molecule has 4 N–H and O–H groups in total. The third kappa shape index (κ3) is 3.82. The highest BCUT2D eigenvalue weighted by atomic mass is 14.8. The smallest absolute Gasteiger partial charge is 0.0192 e. The van der Waals surface area contributed by atoms with E-state index in [0.717, 1.165) is 30.6 Å². The van der Waals surface area contributed by atoms with E-state index in [-0.39, 0.29) is 12.1 Å². The first kappa shape index (κ1) is 15.1. The van der Waals surface area contributed by atoms with Crippen molar-refractivity contribution in [3.05, 3.63) is 11.6 Å². The number of fused-ring (bicyclic) bond motifs is 1. The average molecular weight is 264 g/mol. The molecule has 2 rings (SSSR count). The molecule has 110 valence electrons. The Kier molecular flexibility index (Phi) is 5.47. The van der Waals surface area contributed by atoms with E-state index in [0.29, 0.717) is 0 Å². The lowest BCUT2D eigenvalue weighted by Crippen LogP contribution is -2.42. The van der Waals surface area contributed by atoms with Gasteiger partial charge in [-0.05, 0) is 56.3 Å². The van der Waals surface area contributed by atoms with Crippen LogP contribution in [-0.4, -0.2) is 12.1 Å². The molecule has 1 saturated carbocycles. The molecular weight excluding hydrogens is 232 g/mol. The molecular formula is C17H32N2.